The van der Waals surface area contributed by atoms with E-state index in [9.17, 15) is 19.1 Å². The number of carboxylic acids is 1. The molecule has 1 saturated carbocycles. The van der Waals surface area contributed by atoms with Crippen molar-refractivity contribution in [3.8, 4) is 0 Å². The van der Waals surface area contributed by atoms with Crippen LogP contribution in [0, 0.1) is 17.2 Å². The van der Waals surface area contributed by atoms with Crippen LogP contribution in [0.2, 0.25) is 0 Å². The molecule has 1 aromatic heterocycles. The van der Waals surface area contributed by atoms with Gasteiger partial charge in [0.1, 0.15) is 11.9 Å². The molecule has 2 saturated heterocycles. The van der Waals surface area contributed by atoms with E-state index in [4.69, 9.17) is 14.5 Å². The molecule has 3 aliphatic heterocycles. The molecule has 0 radical (unpaired) electrons. The number of hydrogen-bond donors (Lipinski definition) is 2. The summed E-state index contributed by atoms with van der Waals surface area (Å²) in [7, 11) is 0. The lowest BCUT2D eigenvalue weighted by molar-refractivity contribution is -0.222. The number of aliphatic carboxylic acids is 1. The Morgan fingerprint density at radius 3 is 2.95 bits per heavy atom. The number of aromatic nitrogens is 1. The third-order valence-electron chi connectivity index (χ3n) is 8.21. The lowest BCUT2D eigenvalue weighted by atomic mass is 9.46. The molecule has 0 amide bonds. The molecule has 4 aliphatic rings. The number of amidine groups is 1. The largest absolute Gasteiger partial charge is 0.481 e. The van der Waals surface area contributed by atoms with Gasteiger partial charge in [-0.05, 0) is 37.0 Å². The van der Waals surface area contributed by atoms with E-state index in [1.54, 1.807) is 19.2 Å². The van der Waals surface area contributed by atoms with Crippen molar-refractivity contribution >= 4 is 45.0 Å². The maximum absolute atomic E-state index is 14.0. The number of benzene rings is 1. The normalized spacial score (nSPS) is 29.9. The fourth-order valence-corrected chi connectivity index (χ4v) is 7.72. The predicted molar refractivity (Wildman–Crippen MR) is 140 cm³/mol. The molecule has 3 fully saturated rings. The molecule has 1 aliphatic carbocycles. The van der Waals surface area contributed by atoms with E-state index in [1.807, 2.05) is 5.38 Å². The molecule has 200 valence electrons. The lowest BCUT2D eigenvalue weighted by Gasteiger charge is -2.71. The second-order valence-corrected chi connectivity index (χ2v) is 11.7. The summed E-state index contributed by atoms with van der Waals surface area (Å²) in [6.07, 6.45) is 2.60. The number of halogens is 2. The number of nitrogens with zero attached hydrogens (tertiary/aromatic N) is 3. The average molecular weight is 605 g/mol. The monoisotopic (exact) mass is 604 g/mol. The molecule has 1 spiro atoms. The van der Waals surface area contributed by atoms with Crippen molar-refractivity contribution in [2.45, 2.75) is 37.9 Å². The summed E-state index contributed by atoms with van der Waals surface area (Å²) in [6.45, 7) is 3.44. The van der Waals surface area contributed by atoms with Gasteiger partial charge in [-0.15, -0.1) is 11.3 Å². The van der Waals surface area contributed by atoms with E-state index in [0.29, 0.717) is 51.9 Å². The van der Waals surface area contributed by atoms with Crippen molar-refractivity contribution in [2.24, 2.45) is 16.3 Å². The zero-order valence-corrected chi connectivity index (χ0v) is 22.9. The molecule has 38 heavy (non-hydrogen) atoms. The first-order valence-corrected chi connectivity index (χ1v) is 14.2. The summed E-state index contributed by atoms with van der Waals surface area (Å²) in [4.78, 5) is 36.4. The summed E-state index contributed by atoms with van der Waals surface area (Å²) in [5.41, 5.74) is 1.49. The summed E-state index contributed by atoms with van der Waals surface area (Å²) in [6, 6.07) is 3.83. The van der Waals surface area contributed by atoms with Gasteiger partial charge in [0.05, 0.1) is 25.4 Å². The number of esters is 1. The maximum Gasteiger partial charge on any atom is 0.338 e. The number of hydrogen-bond acceptors (Lipinski definition) is 9. The number of carboxylic acid groups (broad SMARTS) is 1. The van der Waals surface area contributed by atoms with Crippen LogP contribution in [0.5, 0.6) is 0 Å². The highest BCUT2D eigenvalue weighted by atomic mass is 79.9. The minimum atomic E-state index is -0.787. The van der Waals surface area contributed by atoms with Crippen LogP contribution in [-0.2, 0) is 19.1 Å². The molecule has 9 nitrogen and oxygen atoms in total. The molecular weight excluding hydrogens is 579 g/mol. The Balaban J connectivity index is 1.39. The van der Waals surface area contributed by atoms with Crippen LogP contribution in [0.4, 0.5) is 4.39 Å². The van der Waals surface area contributed by atoms with Crippen molar-refractivity contribution in [3.63, 3.8) is 0 Å². The maximum atomic E-state index is 14.0. The van der Waals surface area contributed by atoms with Crippen LogP contribution in [0.3, 0.4) is 0 Å². The first-order chi connectivity index (χ1) is 18.3. The second-order valence-electron chi connectivity index (χ2n) is 9.98. The van der Waals surface area contributed by atoms with Crippen molar-refractivity contribution in [1.82, 2.24) is 15.2 Å². The Bertz CT molecular complexity index is 1350. The molecule has 2 aromatic rings. The first kappa shape index (κ1) is 25.6. The highest BCUT2D eigenvalue weighted by molar-refractivity contribution is 9.10. The van der Waals surface area contributed by atoms with Gasteiger partial charge in [-0.25, -0.2) is 14.2 Å². The number of carbonyl (C=O) groups is 2. The first-order valence-electron chi connectivity index (χ1n) is 12.5. The van der Waals surface area contributed by atoms with Gasteiger partial charge in [0.2, 0.25) is 0 Å². The van der Waals surface area contributed by atoms with Gasteiger partial charge < -0.3 is 19.9 Å². The SMILES string of the molecule is CCOC(=O)C1=C(CN2C3COCC34C(CC(=O)O)CC24)NC(c2nccs2)=N[C@H]1c1ccc(F)cc1Br. The Morgan fingerprint density at radius 1 is 1.39 bits per heavy atom. The molecule has 2 N–H and O–H groups in total. The second kappa shape index (κ2) is 9.82. The minimum absolute atomic E-state index is 0.0709. The highest BCUT2D eigenvalue weighted by Gasteiger charge is 2.73. The standard InChI is InChI=1S/C26H26BrFN4O5S/c1-2-37-25(35)21-17(10-32-18-7-13(8-20(33)34)26(18)12-36-11-19(26)32)30-23(24-29-5-6-38-24)31-22(21)15-4-3-14(28)9-16(15)27/h3-6,9,13,18-19,22H,2,7-8,10-12H2,1H3,(H,30,31)(H,33,34)/t13?,18?,19?,22-,26?/m0/s1. The minimum Gasteiger partial charge on any atom is -0.481 e. The Labute approximate surface area is 230 Å². The van der Waals surface area contributed by atoms with Crippen molar-refractivity contribution in [1.29, 1.82) is 0 Å². The zero-order chi connectivity index (χ0) is 26.6. The topological polar surface area (TPSA) is 113 Å². The fraction of sp³-hybridized carbons (Fsp3) is 0.462. The fourth-order valence-electron chi connectivity index (χ4n) is 6.56. The quantitative estimate of drug-likeness (QED) is 0.440. The van der Waals surface area contributed by atoms with Crippen LogP contribution < -0.4 is 5.32 Å². The number of aliphatic imine (C=N–C) groups is 1. The van der Waals surface area contributed by atoms with Crippen molar-refractivity contribution < 1.29 is 28.6 Å². The number of rotatable bonds is 8. The third kappa shape index (κ3) is 4.00. The van der Waals surface area contributed by atoms with Crippen LogP contribution in [0.15, 0.2) is 50.5 Å². The van der Waals surface area contributed by atoms with Crippen LogP contribution in [-0.4, -0.2) is 71.2 Å². The number of piperidine rings is 1. The average Bonchev–Trinajstić information content (AvgIpc) is 3.55. The van der Waals surface area contributed by atoms with Gasteiger partial charge in [-0.2, -0.15) is 0 Å². The van der Waals surface area contributed by atoms with E-state index in [0.717, 1.165) is 6.42 Å². The van der Waals surface area contributed by atoms with Crippen LogP contribution >= 0.6 is 27.3 Å². The highest BCUT2D eigenvalue weighted by Crippen LogP contribution is 2.65. The molecule has 4 heterocycles. The van der Waals surface area contributed by atoms with Crippen molar-refractivity contribution in [3.05, 3.63) is 61.9 Å². The molecule has 4 unspecified atom stereocenters. The Hall–Kier alpha value is -2.67. The van der Waals surface area contributed by atoms with Gasteiger partial charge in [0, 0.05) is 52.2 Å². The predicted octanol–water partition coefficient (Wildman–Crippen LogP) is 3.52. The number of carbonyl (C=O) groups excluding carboxylic acids is 1. The van der Waals surface area contributed by atoms with Crippen LogP contribution in [0.1, 0.15) is 36.4 Å². The van der Waals surface area contributed by atoms with Crippen molar-refractivity contribution in [2.75, 3.05) is 26.4 Å². The van der Waals surface area contributed by atoms with E-state index >= 15 is 0 Å². The smallest absolute Gasteiger partial charge is 0.338 e. The number of likely N-dealkylation sites (tertiary alicyclic amines) is 1. The van der Waals surface area contributed by atoms with Gasteiger partial charge in [0.15, 0.2) is 10.8 Å². The van der Waals surface area contributed by atoms with E-state index in [-0.39, 0.29) is 36.4 Å². The molecule has 1 aromatic carbocycles. The molecule has 12 heteroatoms. The summed E-state index contributed by atoms with van der Waals surface area (Å²) < 4.78 is 25.8. The van der Waals surface area contributed by atoms with Gasteiger partial charge >= 0.3 is 11.9 Å². The van der Waals surface area contributed by atoms with E-state index in [1.165, 1.54) is 23.5 Å². The molecule has 5 atom stereocenters. The summed E-state index contributed by atoms with van der Waals surface area (Å²) in [5.74, 6) is -1.08. The molecule has 0 bridgehead atoms. The van der Waals surface area contributed by atoms with E-state index in [2.05, 4.69) is 31.1 Å². The zero-order valence-electron chi connectivity index (χ0n) is 20.5. The van der Waals surface area contributed by atoms with Gasteiger partial charge in [0.25, 0.3) is 0 Å². The lowest BCUT2D eigenvalue weighted by Crippen LogP contribution is -2.80. The van der Waals surface area contributed by atoms with Gasteiger partial charge in [-0.1, -0.05) is 22.0 Å². The molecular formula is C26H26BrFN4O5S. The van der Waals surface area contributed by atoms with E-state index < -0.39 is 23.8 Å². The number of nitrogens with one attached hydrogen (secondary N) is 1. The number of ether oxygens (including phenoxy) is 2. The summed E-state index contributed by atoms with van der Waals surface area (Å²) in [5, 5.41) is 15.3. The number of thiazole rings is 1. The summed E-state index contributed by atoms with van der Waals surface area (Å²) >= 11 is 4.88. The Morgan fingerprint density at radius 2 is 2.24 bits per heavy atom. The Kier molecular flexibility index (Phi) is 6.61. The molecule has 6 rings (SSSR count). The van der Waals surface area contributed by atoms with Crippen LogP contribution in [0.25, 0.3) is 0 Å². The van der Waals surface area contributed by atoms with Gasteiger partial charge in [-0.3, -0.25) is 14.7 Å². The third-order valence-corrected chi connectivity index (χ3v) is 9.68.